The van der Waals surface area contributed by atoms with Gasteiger partial charge in [0, 0.05) is 17.6 Å². The molecule has 0 aromatic heterocycles. The van der Waals surface area contributed by atoms with Gasteiger partial charge >= 0.3 is 6.18 Å². The van der Waals surface area contributed by atoms with Crippen LogP contribution in [0.1, 0.15) is 31.9 Å². The third kappa shape index (κ3) is 7.34. The highest BCUT2D eigenvalue weighted by Gasteiger charge is 2.27. The summed E-state index contributed by atoms with van der Waals surface area (Å²) >= 11 is 0. The zero-order valence-corrected chi connectivity index (χ0v) is 12.8. The van der Waals surface area contributed by atoms with E-state index in [1.807, 2.05) is 45.9 Å². The van der Waals surface area contributed by atoms with E-state index in [-0.39, 0.29) is 5.54 Å². The molecule has 0 saturated carbocycles. The molecule has 21 heavy (non-hydrogen) atoms. The van der Waals surface area contributed by atoms with Crippen molar-refractivity contribution in [2.45, 2.75) is 46.0 Å². The van der Waals surface area contributed by atoms with Crippen molar-refractivity contribution in [2.24, 2.45) is 0 Å². The highest BCUT2D eigenvalue weighted by molar-refractivity contribution is 5.40. The van der Waals surface area contributed by atoms with E-state index < -0.39 is 19.6 Å². The van der Waals surface area contributed by atoms with E-state index >= 15 is 0 Å². The van der Waals surface area contributed by atoms with Crippen LogP contribution in [0.3, 0.4) is 0 Å². The average Bonchev–Trinajstić information content (AvgIpc) is 2.31. The van der Waals surface area contributed by atoms with Crippen molar-refractivity contribution in [3.8, 4) is 5.75 Å². The fraction of sp³-hybridized carbons (Fsp3) is 0.600. The predicted molar refractivity (Wildman–Crippen MR) is 75.3 cm³/mol. The minimum absolute atomic E-state index is 0.0617. The molecular formula is C15H22F3NO2. The predicted octanol–water partition coefficient (Wildman–Crippen LogP) is 3.80. The second-order valence-electron chi connectivity index (χ2n) is 5.89. The number of ether oxygens (including phenoxy) is 2. The molecule has 3 nitrogen and oxygen atoms in total. The van der Waals surface area contributed by atoms with Crippen LogP contribution in [-0.4, -0.2) is 25.1 Å². The van der Waals surface area contributed by atoms with Crippen molar-refractivity contribution < 1.29 is 22.6 Å². The van der Waals surface area contributed by atoms with Gasteiger partial charge in [0.2, 0.25) is 0 Å². The minimum Gasteiger partial charge on any atom is -0.467 e. The SMILES string of the molecule is Cc1cccc(CNC(C)(C)C)c1OCOCC(F)(F)F. The summed E-state index contributed by atoms with van der Waals surface area (Å²) in [5.74, 6) is 0.566. The number of aryl methyl sites for hydroxylation is 1. The second kappa shape index (κ2) is 7.13. The molecule has 1 rings (SSSR count). The van der Waals surface area contributed by atoms with Gasteiger partial charge in [-0.25, -0.2) is 0 Å². The van der Waals surface area contributed by atoms with Gasteiger partial charge in [0.15, 0.2) is 6.79 Å². The maximum absolute atomic E-state index is 12.0. The molecule has 0 saturated heterocycles. The van der Waals surface area contributed by atoms with E-state index in [1.165, 1.54) is 0 Å². The van der Waals surface area contributed by atoms with E-state index in [0.717, 1.165) is 11.1 Å². The standard InChI is InChI=1S/C15H22F3NO2/c1-11-6-5-7-12(8-19-14(2,3)4)13(11)21-10-20-9-15(16,17)18/h5-7,19H,8-10H2,1-4H3. The molecule has 0 spiro atoms. The monoisotopic (exact) mass is 305 g/mol. The average molecular weight is 305 g/mol. The maximum atomic E-state index is 12.0. The molecule has 1 N–H and O–H groups in total. The highest BCUT2D eigenvalue weighted by Crippen LogP contribution is 2.24. The molecule has 1 aromatic rings. The van der Waals surface area contributed by atoms with Crippen molar-refractivity contribution in [1.29, 1.82) is 0 Å². The number of rotatable bonds is 6. The molecule has 0 aliphatic rings. The molecule has 6 heteroatoms. The topological polar surface area (TPSA) is 30.5 Å². The van der Waals surface area contributed by atoms with Crippen LogP contribution in [0.25, 0.3) is 0 Å². The number of nitrogens with one attached hydrogen (secondary N) is 1. The largest absolute Gasteiger partial charge is 0.467 e. The Balaban J connectivity index is 2.63. The van der Waals surface area contributed by atoms with Gasteiger partial charge in [-0.2, -0.15) is 13.2 Å². The summed E-state index contributed by atoms with van der Waals surface area (Å²) in [6.45, 7) is 6.79. The van der Waals surface area contributed by atoms with E-state index in [1.54, 1.807) is 0 Å². The number of benzene rings is 1. The quantitative estimate of drug-likeness (QED) is 0.640. The van der Waals surface area contributed by atoms with Gasteiger partial charge in [-0.15, -0.1) is 0 Å². The van der Waals surface area contributed by atoms with E-state index in [4.69, 9.17) is 4.74 Å². The number of para-hydroxylation sites is 1. The molecular weight excluding hydrogens is 283 g/mol. The summed E-state index contributed by atoms with van der Waals surface area (Å²) in [4.78, 5) is 0. The Labute approximate surface area is 123 Å². The van der Waals surface area contributed by atoms with Crippen molar-refractivity contribution in [2.75, 3.05) is 13.4 Å². The first-order chi connectivity index (χ1) is 9.58. The first kappa shape index (κ1) is 17.8. The molecule has 0 bridgehead atoms. The van der Waals surface area contributed by atoms with Crippen molar-refractivity contribution in [3.05, 3.63) is 29.3 Å². The molecule has 120 valence electrons. The van der Waals surface area contributed by atoms with Crippen LogP contribution >= 0.6 is 0 Å². The Morgan fingerprint density at radius 3 is 2.38 bits per heavy atom. The fourth-order valence-electron chi connectivity index (χ4n) is 1.68. The van der Waals surface area contributed by atoms with Gasteiger partial charge in [-0.3, -0.25) is 0 Å². The molecule has 0 atom stereocenters. The summed E-state index contributed by atoms with van der Waals surface area (Å²) in [6.07, 6.45) is -4.34. The molecule has 0 heterocycles. The Hall–Kier alpha value is -1.27. The molecule has 0 amide bonds. The third-order valence-corrected chi connectivity index (χ3v) is 2.65. The molecule has 0 aliphatic carbocycles. The Morgan fingerprint density at radius 1 is 1.14 bits per heavy atom. The molecule has 0 unspecified atom stereocenters. The van der Waals surface area contributed by atoms with Gasteiger partial charge in [-0.1, -0.05) is 18.2 Å². The smallest absolute Gasteiger partial charge is 0.411 e. The number of halogens is 3. The van der Waals surface area contributed by atoms with Crippen LogP contribution in [-0.2, 0) is 11.3 Å². The van der Waals surface area contributed by atoms with Gasteiger partial charge in [0.05, 0.1) is 0 Å². The fourth-order valence-corrected chi connectivity index (χ4v) is 1.68. The van der Waals surface area contributed by atoms with Crippen LogP contribution in [0.15, 0.2) is 18.2 Å². The zero-order chi connectivity index (χ0) is 16.1. The van der Waals surface area contributed by atoms with Gasteiger partial charge in [-0.05, 0) is 33.3 Å². The summed E-state index contributed by atoms with van der Waals surface area (Å²) in [5.41, 5.74) is 1.69. The molecule has 0 radical (unpaired) electrons. The second-order valence-corrected chi connectivity index (χ2v) is 5.89. The van der Waals surface area contributed by atoms with Crippen LogP contribution in [0.5, 0.6) is 5.75 Å². The van der Waals surface area contributed by atoms with Crippen molar-refractivity contribution in [3.63, 3.8) is 0 Å². The Bertz CT molecular complexity index is 453. The van der Waals surface area contributed by atoms with E-state index in [9.17, 15) is 13.2 Å². The summed E-state index contributed by atoms with van der Waals surface area (Å²) < 4.78 is 45.9. The first-order valence-corrected chi connectivity index (χ1v) is 6.69. The van der Waals surface area contributed by atoms with Crippen LogP contribution in [0, 0.1) is 6.92 Å². The van der Waals surface area contributed by atoms with Crippen LogP contribution < -0.4 is 10.1 Å². The number of hydrogen-bond acceptors (Lipinski definition) is 3. The van der Waals surface area contributed by atoms with Crippen LogP contribution in [0.4, 0.5) is 13.2 Å². The Kier molecular flexibility index (Phi) is 6.04. The maximum Gasteiger partial charge on any atom is 0.411 e. The summed E-state index contributed by atoms with van der Waals surface area (Å²) in [5, 5.41) is 3.32. The lowest BCUT2D eigenvalue weighted by Gasteiger charge is -2.22. The van der Waals surface area contributed by atoms with Crippen LogP contribution in [0.2, 0.25) is 0 Å². The summed E-state index contributed by atoms with van der Waals surface area (Å²) in [6, 6.07) is 5.61. The Morgan fingerprint density at radius 2 is 1.81 bits per heavy atom. The normalized spacial score (nSPS) is 12.5. The summed E-state index contributed by atoms with van der Waals surface area (Å²) in [7, 11) is 0. The lowest BCUT2D eigenvalue weighted by Crippen LogP contribution is -2.35. The lowest BCUT2D eigenvalue weighted by atomic mass is 10.1. The first-order valence-electron chi connectivity index (χ1n) is 6.69. The van der Waals surface area contributed by atoms with Gasteiger partial charge < -0.3 is 14.8 Å². The number of hydrogen-bond donors (Lipinski definition) is 1. The number of alkyl halides is 3. The zero-order valence-electron chi connectivity index (χ0n) is 12.8. The van der Waals surface area contributed by atoms with E-state index in [0.29, 0.717) is 12.3 Å². The van der Waals surface area contributed by atoms with Crippen molar-refractivity contribution >= 4 is 0 Å². The molecule has 0 aliphatic heterocycles. The van der Waals surface area contributed by atoms with Gasteiger partial charge in [0.1, 0.15) is 12.4 Å². The van der Waals surface area contributed by atoms with Crippen molar-refractivity contribution in [1.82, 2.24) is 5.32 Å². The minimum atomic E-state index is -4.34. The third-order valence-electron chi connectivity index (χ3n) is 2.65. The molecule has 0 fully saturated rings. The van der Waals surface area contributed by atoms with E-state index in [2.05, 4.69) is 10.1 Å². The molecule has 1 aromatic carbocycles. The highest BCUT2D eigenvalue weighted by atomic mass is 19.4. The van der Waals surface area contributed by atoms with Gasteiger partial charge in [0.25, 0.3) is 0 Å². The lowest BCUT2D eigenvalue weighted by molar-refractivity contribution is -0.186.